The minimum Gasteiger partial charge on any atom is -0.491 e. The topological polar surface area (TPSA) is 18.5 Å². The molecular weight excluding hydrogens is 401 g/mol. The van der Waals surface area contributed by atoms with Gasteiger partial charge in [0, 0.05) is 0 Å². The number of fused-ring (bicyclic) bond motifs is 1. The van der Waals surface area contributed by atoms with Gasteiger partial charge in [0.05, 0.1) is 18.3 Å². The third-order valence-electron chi connectivity index (χ3n) is 8.10. The Morgan fingerprint density at radius 3 is 2.16 bits per heavy atom. The average Bonchev–Trinajstić information content (AvgIpc) is 2.76. The zero-order valence-corrected chi connectivity index (χ0v) is 19.0. The predicted molar refractivity (Wildman–Crippen MR) is 116 cm³/mol. The number of benzene rings is 1. The molecule has 31 heavy (non-hydrogen) atoms. The Labute approximate surface area is 184 Å². The van der Waals surface area contributed by atoms with E-state index in [-0.39, 0.29) is 18.3 Å². The second-order valence-electron chi connectivity index (χ2n) is 9.97. The number of halogens is 3. The standard InChI is InChI=1S/C26H37F3O2/c1-3-5-17-6-8-18(9-7-17)19-10-12-20(13-11-19)23-16-21-14-15-22(30-4-2)25(27)24(21)26(28,29)31-23/h14-15,17-20,23H,3-13,16H2,1-2H3. The van der Waals surface area contributed by atoms with Crippen LogP contribution in [0, 0.1) is 29.5 Å². The summed E-state index contributed by atoms with van der Waals surface area (Å²) < 4.78 is 54.7. The predicted octanol–water partition coefficient (Wildman–Crippen LogP) is 7.63. The molecule has 2 aliphatic carbocycles. The molecule has 174 valence electrons. The lowest BCUT2D eigenvalue weighted by Crippen LogP contribution is -2.41. The van der Waals surface area contributed by atoms with Gasteiger partial charge in [-0.25, -0.2) is 4.39 Å². The number of hydrogen-bond donors (Lipinski definition) is 0. The zero-order valence-electron chi connectivity index (χ0n) is 19.0. The second-order valence-corrected chi connectivity index (χ2v) is 9.97. The van der Waals surface area contributed by atoms with Crippen LogP contribution in [0.25, 0.3) is 0 Å². The van der Waals surface area contributed by atoms with Crippen molar-refractivity contribution in [1.82, 2.24) is 0 Å². The van der Waals surface area contributed by atoms with Crippen molar-refractivity contribution in [1.29, 1.82) is 0 Å². The van der Waals surface area contributed by atoms with E-state index in [1.165, 1.54) is 44.6 Å². The normalized spacial score (nSPS) is 33.0. The summed E-state index contributed by atoms with van der Waals surface area (Å²) in [7, 11) is 0. The van der Waals surface area contributed by atoms with Crippen LogP contribution in [0.15, 0.2) is 12.1 Å². The highest BCUT2D eigenvalue weighted by Gasteiger charge is 2.48. The van der Waals surface area contributed by atoms with Crippen LogP contribution in [0.3, 0.4) is 0 Å². The molecule has 0 radical (unpaired) electrons. The van der Waals surface area contributed by atoms with Crippen molar-refractivity contribution >= 4 is 0 Å². The van der Waals surface area contributed by atoms with Crippen LogP contribution in [0.4, 0.5) is 13.2 Å². The van der Waals surface area contributed by atoms with Crippen LogP contribution < -0.4 is 4.74 Å². The minimum atomic E-state index is -3.61. The second kappa shape index (κ2) is 9.72. The summed E-state index contributed by atoms with van der Waals surface area (Å²) in [5, 5.41) is 0. The van der Waals surface area contributed by atoms with E-state index in [0.717, 1.165) is 43.4 Å². The maximum Gasteiger partial charge on any atom is 0.386 e. The van der Waals surface area contributed by atoms with Crippen molar-refractivity contribution < 1.29 is 22.6 Å². The van der Waals surface area contributed by atoms with Gasteiger partial charge in [-0.3, -0.25) is 0 Å². The Kier molecular flexibility index (Phi) is 7.20. The number of alkyl halides is 2. The lowest BCUT2D eigenvalue weighted by Gasteiger charge is -2.42. The highest BCUT2D eigenvalue weighted by molar-refractivity contribution is 5.41. The van der Waals surface area contributed by atoms with Gasteiger partial charge in [0.2, 0.25) is 0 Å². The first-order valence-corrected chi connectivity index (χ1v) is 12.4. The Bertz CT molecular complexity index is 734. The molecular formula is C26H37F3O2. The molecule has 5 heteroatoms. The van der Waals surface area contributed by atoms with Crippen molar-refractivity contribution in [3.63, 3.8) is 0 Å². The third-order valence-corrected chi connectivity index (χ3v) is 8.10. The van der Waals surface area contributed by atoms with E-state index < -0.39 is 23.6 Å². The molecule has 0 spiro atoms. The Morgan fingerprint density at radius 1 is 0.935 bits per heavy atom. The molecule has 3 aliphatic rings. The summed E-state index contributed by atoms with van der Waals surface area (Å²) in [6, 6.07) is 3.06. The molecule has 1 heterocycles. The van der Waals surface area contributed by atoms with Crippen LogP contribution in [0.5, 0.6) is 5.75 Å². The zero-order chi connectivity index (χ0) is 22.0. The number of ether oxygens (including phenoxy) is 2. The fourth-order valence-corrected chi connectivity index (χ4v) is 6.46. The maximum atomic E-state index is 14.8. The molecule has 2 saturated carbocycles. The summed E-state index contributed by atoms with van der Waals surface area (Å²) in [4.78, 5) is 0. The molecule has 2 fully saturated rings. The van der Waals surface area contributed by atoms with Crippen LogP contribution in [0.1, 0.15) is 89.2 Å². The number of hydrogen-bond acceptors (Lipinski definition) is 2. The molecule has 2 nitrogen and oxygen atoms in total. The summed E-state index contributed by atoms with van der Waals surface area (Å²) >= 11 is 0. The van der Waals surface area contributed by atoms with E-state index in [1.54, 1.807) is 13.0 Å². The smallest absolute Gasteiger partial charge is 0.386 e. The van der Waals surface area contributed by atoms with E-state index >= 15 is 0 Å². The SMILES string of the molecule is CCCC1CCC(C2CCC(C3Cc4ccc(OCC)c(F)c4C(F)(F)O3)CC2)CC1. The first-order valence-electron chi connectivity index (χ1n) is 12.4. The molecule has 4 rings (SSSR count). The molecule has 1 aromatic rings. The third kappa shape index (κ3) is 4.91. The van der Waals surface area contributed by atoms with Crippen LogP contribution in [0.2, 0.25) is 0 Å². The molecule has 0 bridgehead atoms. The Hall–Kier alpha value is -1.23. The van der Waals surface area contributed by atoms with Crippen molar-refractivity contribution in [2.24, 2.45) is 23.7 Å². The summed E-state index contributed by atoms with van der Waals surface area (Å²) in [6.07, 6.45) is 8.37. The van der Waals surface area contributed by atoms with Gasteiger partial charge >= 0.3 is 6.11 Å². The van der Waals surface area contributed by atoms with E-state index in [9.17, 15) is 13.2 Å². The Morgan fingerprint density at radius 2 is 1.55 bits per heavy atom. The minimum absolute atomic E-state index is 0.126. The van der Waals surface area contributed by atoms with Crippen LogP contribution >= 0.6 is 0 Å². The van der Waals surface area contributed by atoms with Crippen molar-refractivity contribution in [2.45, 2.75) is 96.7 Å². The largest absolute Gasteiger partial charge is 0.491 e. The van der Waals surface area contributed by atoms with Gasteiger partial charge in [-0.05, 0) is 87.2 Å². The maximum absolute atomic E-state index is 14.8. The highest BCUT2D eigenvalue weighted by Crippen LogP contribution is 2.48. The van der Waals surface area contributed by atoms with Gasteiger partial charge in [-0.15, -0.1) is 0 Å². The summed E-state index contributed by atoms with van der Waals surface area (Å²) in [5.74, 6) is 1.49. The lowest BCUT2D eigenvalue weighted by atomic mass is 9.67. The lowest BCUT2D eigenvalue weighted by molar-refractivity contribution is -0.292. The van der Waals surface area contributed by atoms with Gasteiger partial charge in [0.15, 0.2) is 11.6 Å². The van der Waals surface area contributed by atoms with Crippen LogP contribution in [-0.2, 0) is 17.3 Å². The number of rotatable bonds is 6. The highest BCUT2D eigenvalue weighted by atomic mass is 19.3. The van der Waals surface area contributed by atoms with E-state index in [4.69, 9.17) is 9.47 Å². The monoisotopic (exact) mass is 438 g/mol. The molecule has 1 atom stereocenters. The van der Waals surface area contributed by atoms with Crippen molar-refractivity contribution in [2.75, 3.05) is 6.61 Å². The molecule has 0 N–H and O–H groups in total. The van der Waals surface area contributed by atoms with E-state index in [1.807, 2.05) is 0 Å². The molecule has 0 amide bonds. The van der Waals surface area contributed by atoms with Crippen molar-refractivity contribution in [3.8, 4) is 5.75 Å². The first kappa shape index (κ1) is 22.9. The van der Waals surface area contributed by atoms with Crippen molar-refractivity contribution in [3.05, 3.63) is 29.1 Å². The molecule has 1 aromatic carbocycles. The average molecular weight is 439 g/mol. The van der Waals surface area contributed by atoms with Gasteiger partial charge < -0.3 is 9.47 Å². The summed E-state index contributed by atoms with van der Waals surface area (Å²) in [5.41, 5.74) is -0.272. The molecule has 0 aromatic heterocycles. The van der Waals surface area contributed by atoms with Gasteiger partial charge in [0.1, 0.15) is 0 Å². The first-order chi connectivity index (χ1) is 14.9. The molecule has 1 unspecified atom stereocenters. The van der Waals surface area contributed by atoms with E-state index in [2.05, 4.69) is 6.92 Å². The fourth-order valence-electron chi connectivity index (χ4n) is 6.46. The van der Waals surface area contributed by atoms with E-state index in [0.29, 0.717) is 12.0 Å². The molecule has 0 saturated heterocycles. The quantitative estimate of drug-likeness (QED) is 0.455. The van der Waals surface area contributed by atoms with Gasteiger partial charge in [-0.1, -0.05) is 38.7 Å². The fraction of sp³-hybridized carbons (Fsp3) is 0.769. The Balaban J connectivity index is 1.36. The molecule has 1 aliphatic heterocycles. The van der Waals surface area contributed by atoms with Crippen LogP contribution in [-0.4, -0.2) is 12.7 Å². The van der Waals surface area contributed by atoms with Gasteiger partial charge in [0.25, 0.3) is 0 Å². The van der Waals surface area contributed by atoms with Gasteiger partial charge in [-0.2, -0.15) is 8.78 Å². The summed E-state index contributed by atoms with van der Waals surface area (Å²) in [6.45, 7) is 4.21.